The highest BCUT2D eigenvalue weighted by Gasteiger charge is 2.16. The van der Waals surface area contributed by atoms with Gasteiger partial charge in [-0.15, -0.1) is 0 Å². The largest absolute Gasteiger partial charge is 0.324 e. The molecule has 3 aromatic rings. The van der Waals surface area contributed by atoms with E-state index in [0.29, 0.717) is 4.88 Å². The van der Waals surface area contributed by atoms with Gasteiger partial charge in [-0.2, -0.15) is 0 Å². The lowest BCUT2D eigenvalue weighted by molar-refractivity contribution is -0.380. The fourth-order valence-electron chi connectivity index (χ4n) is 3.22. The zero-order chi connectivity index (χ0) is 17.4. The van der Waals surface area contributed by atoms with Crippen molar-refractivity contribution in [1.82, 2.24) is 0 Å². The van der Waals surface area contributed by atoms with Crippen LogP contribution in [0.2, 0.25) is 0 Å². The van der Waals surface area contributed by atoms with Crippen molar-refractivity contribution >= 4 is 44.8 Å². The first-order valence-electron chi connectivity index (χ1n) is 7.88. The molecule has 1 aliphatic rings. The highest BCUT2D eigenvalue weighted by molar-refractivity contribution is 7.16. The number of benzene rings is 2. The predicted octanol–water partition coefficient (Wildman–Crippen LogP) is 4.56. The zero-order valence-corrected chi connectivity index (χ0v) is 14.0. The molecule has 0 fully saturated rings. The van der Waals surface area contributed by atoms with Crippen molar-refractivity contribution < 1.29 is 9.72 Å². The second-order valence-corrected chi connectivity index (χ2v) is 6.96. The van der Waals surface area contributed by atoms with Gasteiger partial charge in [0.05, 0.1) is 4.92 Å². The molecule has 1 aromatic heterocycles. The maximum atomic E-state index is 12.2. The van der Waals surface area contributed by atoms with Crippen LogP contribution in [0.3, 0.4) is 0 Å². The molecule has 6 heteroatoms. The first kappa shape index (κ1) is 15.5. The Labute approximate surface area is 147 Å². The number of thiophene rings is 1. The minimum Gasteiger partial charge on any atom is -0.322 e. The Hall–Kier alpha value is -2.99. The minimum atomic E-state index is -0.436. The highest BCUT2D eigenvalue weighted by atomic mass is 32.1. The second kappa shape index (κ2) is 6.14. The van der Waals surface area contributed by atoms with Crippen LogP contribution in [-0.4, -0.2) is 10.8 Å². The number of aryl methyl sites for hydroxylation is 2. The molecule has 0 atom stereocenters. The monoisotopic (exact) mass is 350 g/mol. The summed E-state index contributed by atoms with van der Waals surface area (Å²) in [7, 11) is 0. The van der Waals surface area contributed by atoms with E-state index in [-0.39, 0.29) is 10.9 Å². The van der Waals surface area contributed by atoms with Gasteiger partial charge in [0.2, 0.25) is 5.91 Å². The molecule has 0 saturated heterocycles. The van der Waals surface area contributed by atoms with Crippen molar-refractivity contribution in [3.8, 4) is 0 Å². The summed E-state index contributed by atoms with van der Waals surface area (Å²) < 4.78 is 0. The fraction of sp³-hybridized carbons (Fsp3) is 0.105. The molecule has 25 heavy (non-hydrogen) atoms. The number of amides is 1. The smallest absolute Gasteiger partial charge is 0.322 e. The molecular weight excluding hydrogens is 336 g/mol. The number of hydrogen-bond acceptors (Lipinski definition) is 4. The zero-order valence-electron chi connectivity index (χ0n) is 13.2. The first-order valence-corrected chi connectivity index (χ1v) is 8.70. The van der Waals surface area contributed by atoms with Crippen molar-refractivity contribution in [3.05, 3.63) is 74.7 Å². The maximum Gasteiger partial charge on any atom is 0.324 e. The molecular formula is C19H14N2O3S. The Morgan fingerprint density at radius 2 is 1.92 bits per heavy atom. The van der Waals surface area contributed by atoms with E-state index in [1.54, 1.807) is 12.1 Å². The fourth-order valence-corrected chi connectivity index (χ4v) is 3.94. The molecule has 124 valence electrons. The Balaban J connectivity index is 1.56. The van der Waals surface area contributed by atoms with E-state index in [1.165, 1.54) is 28.7 Å². The van der Waals surface area contributed by atoms with Crippen LogP contribution in [-0.2, 0) is 17.6 Å². The average Bonchev–Trinajstić information content (AvgIpc) is 3.24. The van der Waals surface area contributed by atoms with Crippen LogP contribution < -0.4 is 5.32 Å². The van der Waals surface area contributed by atoms with E-state index in [9.17, 15) is 14.9 Å². The predicted molar refractivity (Wildman–Crippen MR) is 100.0 cm³/mol. The third-order valence-corrected chi connectivity index (χ3v) is 5.33. The van der Waals surface area contributed by atoms with Crippen LogP contribution in [0.4, 0.5) is 10.7 Å². The van der Waals surface area contributed by atoms with E-state index >= 15 is 0 Å². The van der Waals surface area contributed by atoms with Crippen molar-refractivity contribution in [2.24, 2.45) is 0 Å². The van der Waals surface area contributed by atoms with Gasteiger partial charge in [-0.3, -0.25) is 14.9 Å². The molecule has 0 aliphatic heterocycles. The van der Waals surface area contributed by atoms with Gasteiger partial charge in [-0.1, -0.05) is 35.6 Å². The lowest BCUT2D eigenvalue weighted by Gasteiger charge is -2.09. The van der Waals surface area contributed by atoms with Crippen LogP contribution in [0.5, 0.6) is 0 Å². The topological polar surface area (TPSA) is 72.2 Å². The standard InChI is InChI=1S/C19H14N2O3S/c22-17(10-7-14-8-11-18(25-14)21(23)24)20-16-9-6-13-5-4-12-2-1-3-15(16)19(12)13/h1-3,6-11H,4-5H2,(H,20,22). The highest BCUT2D eigenvalue weighted by Crippen LogP contribution is 2.35. The molecule has 0 saturated carbocycles. The van der Waals surface area contributed by atoms with Crippen molar-refractivity contribution in [2.75, 3.05) is 5.32 Å². The summed E-state index contributed by atoms with van der Waals surface area (Å²) in [6, 6.07) is 13.2. The number of nitrogens with zero attached hydrogens (tertiary/aromatic N) is 1. The molecule has 2 aromatic carbocycles. The van der Waals surface area contributed by atoms with Gasteiger partial charge in [-0.25, -0.2) is 0 Å². The normalized spacial score (nSPS) is 12.8. The van der Waals surface area contributed by atoms with Crippen LogP contribution in [0.15, 0.2) is 48.5 Å². The lowest BCUT2D eigenvalue weighted by atomic mass is 10.0. The summed E-state index contributed by atoms with van der Waals surface area (Å²) in [6.45, 7) is 0. The quantitative estimate of drug-likeness (QED) is 0.426. The molecule has 4 rings (SSSR count). The summed E-state index contributed by atoms with van der Waals surface area (Å²) in [5.41, 5.74) is 3.43. The maximum absolute atomic E-state index is 12.2. The number of carbonyl (C=O) groups is 1. The van der Waals surface area contributed by atoms with E-state index in [2.05, 4.69) is 17.4 Å². The first-order chi connectivity index (χ1) is 12.1. The molecule has 1 amide bonds. The summed E-state index contributed by atoms with van der Waals surface area (Å²) in [5.74, 6) is -0.255. The van der Waals surface area contributed by atoms with E-state index in [4.69, 9.17) is 0 Å². The molecule has 1 heterocycles. The molecule has 0 spiro atoms. The second-order valence-electron chi connectivity index (χ2n) is 5.87. The average molecular weight is 350 g/mol. The van der Waals surface area contributed by atoms with Gasteiger partial charge < -0.3 is 5.32 Å². The third kappa shape index (κ3) is 2.92. The molecule has 0 radical (unpaired) electrons. The molecule has 1 aliphatic carbocycles. The van der Waals surface area contributed by atoms with Gasteiger partial charge in [0.15, 0.2) is 0 Å². The number of hydrogen-bond donors (Lipinski definition) is 1. The number of rotatable bonds is 4. The third-order valence-electron chi connectivity index (χ3n) is 4.33. The van der Waals surface area contributed by atoms with E-state index in [0.717, 1.165) is 35.3 Å². The number of anilines is 1. The molecule has 1 N–H and O–H groups in total. The van der Waals surface area contributed by atoms with Gasteiger partial charge in [0.1, 0.15) is 0 Å². The molecule has 0 unspecified atom stereocenters. The Bertz CT molecular complexity index is 1030. The Morgan fingerprint density at radius 3 is 2.68 bits per heavy atom. The minimum absolute atomic E-state index is 0.0626. The van der Waals surface area contributed by atoms with Crippen molar-refractivity contribution in [3.63, 3.8) is 0 Å². The van der Waals surface area contributed by atoms with Crippen LogP contribution >= 0.6 is 11.3 Å². The summed E-state index contributed by atoms with van der Waals surface area (Å²) in [5, 5.41) is 16.0. The van der Waals surface area contributed by atoms with E-state index < -0.39 is 4.92 Å². The summed E-state index contributed by atoms with van der Waals surface area (Å²) in [6.07, 6.45) is 5.08. The SMILES string of the molecule is O=C(C=Cc1ccc([N+](=O)[O-])s1)Nc1ccc2c3c(cccc13)CC2. The number of nitrogens with one attached hydrogen (secondary N) is 1. The summed E-state index contributed by atoms with van der Waals surface area (Å²) in [4.78, 5) is 23.2. The molecule has 0 bridgehead atoms. The number of carbonyl (C=O) groups excluding carboxylic acids is 1. The molecule has 5 nitrogen and oxygen atoms in total. The van der Waals surface area contributed by atoms with Crippen LogP contribution in [0.1, 0.15) is 16.0 Å². The van der Waals surface area contributed by atoms with Crippen LogP contribution in [0.25, 0.3) is 16.8 Å². The van der Waals surface area contributed by atoms with Gasteiger partial charge in [-0.05, 0) is 47.6 Å². The Morgan fingerprint density at radius 1 is 1.12 bits per heavy atom. The Kier molecular flexibility index (Phi) is 3.82. The van der Waals surface area contributed by atoms with Crippen molar-refractivity contribution in [1.29, 1.82) is 0 Å². The van der Waals surface area contributed by atoms with Crippen LogP contribution in [0, 0.1) is 10.1 Å². The van der Waals surface area contributed by atoms with Gasteiger partial charge in [0.25, 0.3) is 0 Å². The summed E-state index contributed by atoms with van der Waals surface area (Å²) >= 11 is 1.04. The van der Waals surface area contributed by atoms with Gasteiger partial charge >= 0.3 is 5.00 Å². The van der Waals surface area contributed by atoms with Crippen molar-refractivity contribution in [2.45, 2.75) is 12.8 Å². The lowest BCUT2D eigenvalue weighted by Crippen LogP contribution is -2.08. The van der Waals surface area contributed by atoms with E-state index in [1.807, 2.05) is 18.2 Å². The van der Waals surface area contributed by atoms with Gasteiger partial charge in [0, 0.05) is 28.1 Å². The number of nitro groups is 1.